The van der Waals surface area contributed by atoms with Crippen LogP contribution >= 0.6 is 0 Å². The lowest BCUT2D eigenvalue weighted by atomic mass is 9.99. The van der Waals surface area contributed by atoms with Crippen molar-refractivity contribution in [3.8, 4) is 0 Å². The molecule has 1 aliphatic rings. The van der Waals surface area contributed by atoms with Crippen LogP contribution in [0.25, 0.3) is 10.8 Å². The van der Waals surface area contributed by atoms with Gasteiger partial charge in [-0.25, -0.2) is 8.42 Å². The zero-order valence-electron chi connectivity index (χ0n) is 24.0. The van der Waals surface area contributed by atoms with E-state index in [0.29, 0.717) is 44.6 Å². The number of aryl methyl sites for hydroxylation is 1. The first-order valence-electron chi connectivity index (χ1n) is 14.2. The Morgan fingerprint density at radius 1 is 0.950 bits per heavy atom. The maximum atomic E-state index is 13.8. The van der Waals surface area contributed by atoms with Crippen molar-refractivity contribution in [3.63, 3.8) is 0 Å². The lowest BCUT2D eigenvalue weighted by molar-refractivity contribution is -0.135. The summed E-state index contributed by atoms with van der Waals surface area (Å²) in [4.78, 5) is 31.0. The summed E-state index contributed by atoms with van der Waals surface area (Å²) in [7, 11) is -3.53. The molecule has 1 heterocycles. The molecule has 0 bridgehead atoms. The van der Waals surface area contributed by atoms with Crippen LogP contribution < -0.4 is 0 Å². The van der Waals surface area contributed by atoms with Crippen LogP contribution in [0.5, 0.6) is 0 Å². The van der Waals surface area contributed by atoms with Crippen LogP contribution in [-0.4, -0.2) is 72.3 Å². The Hall–Kier alpha value is -3.23. The average molecular weight is 564 g/mol. The van der Waals surface area contributed by atoms with Gasteiger partial charge in [-0.15, -0.1) is 0 Å². The third kappa shape index (κ3) is 7.09. The van der Waals surface area contributed by atoms with Gasteiger partial charge in [-0.3, -0.25) is 9.59 Å². The standard InChI is InChI=1S/C32H41N3O4S/c1-5-40(38,39)34(21-24(2)3)23-31(36)35(22-26-15-13-25(4)14-16-26)28-17-19-33(20-18-28)32(37)30-12-8-10-27-9-6-7-11-29(27)30/h6-16,24,28H,5,17-23H2,1-4H3. The van der Waals surface area contributed by atoms with Crippen LogP contribution in [0.4, 0.5) is 0 Å². The highest BCUT2D eigenvalue weighted by Crippen LogP contribution is 2.25. The predicted octanol–water partition coefficient (Wildman–Crippen LogP) is 5.09. The molecule has 0 unspecified atom stereocenters. The van der Waals surface area contributed by atoms with Crippen molar-refractivity contribution in [3.05, 3.63) is 83.4 Å². The Morgan fingerprint density at radius 2 is 1.60 bits per heavy atom. The third-order valence-corrected chi connectivity index (χ3v) is 9.44. The van der Waals surface area contributed by atoms with Crippen LogP contribution in [0.2, 0.25) is 0 Å². The van der Waals surface area contributed by atoms with Crippen LogP contribution in [0.3, 0.4) is 0 Å². The molecule has 1 saturated heterocycles. The van der Waals surface area contributed by atoms with E-state index < -0.39 is 10.0 Å². The highest BCUT2D eigenvalue weighted by atomic mass is 32.2. The minimum atomic E-state index is -3.53. The van der Waals surface area contributed by atoms with Gasteiger partial charge < -0.3 is 9.80 Å². The first-order chi connectivity index (χ1) is 19.1. The van der Waals surface area contributed by atoms with Crippen LogP contribution in [0, 0.1) is 12.8 Å². The van der Waals surface area contributed by atoms with E-state index in [1.807, 2.05) is 97.3 Å². The summed E-state index contributed by atoms with van der Waals surface area (Å²) in [5.74, 6) is -0.136. The first-order valence-corrected chi connectivity index (χ1v) is 15.8. The van der Waals surface area contributed by atoms with Crippen molar-refractivity contribution in [1.82, 2.24) is 14.1 Å². The molecule has 40 heavy (non-hydrogen) atoms. The second-order valence-electron chi connectivity index (χ2n) is 11.1. The van der Waals surface area contributed by atoms with Crippen molar-refractivity contribution in [2.45, 2.75) is 53.1 Å². The minimum absolute atomic E-state index is 0.00353. The molecule has 3 aromatic carbocycles. The normalized spacial score (nSPS) is 14.7. The molecule has 214 valence electrons. The lowest BCUT2D eigenvalue weighted by Crippen LogP contribution is -2.51. The van der Waals surface area contributed by atoms with Crippen molar-refractivity contribution >= 4 is 32.6 Å². The van der Waals surface area contributed by atoms with Crippen LogP contribution in [0.1, 0.15) is 55.1 Å². The number of piperidine rings is 1. The van der Waals surface area contributed by atoms with E-state index in [2.05, 4.69) is 0 Å². The number of fused-ring (bicyclic) bond motifs is 1. The van der Waals surface area contributed by atoms with Crippen molar-refractivity contribution < 1.29 is 18.0 Å². The molecular weight excluding hydrogens is 522 g/mol. The first kappa shape index (κ1) is 29.7. The van der Waals surface area contributed by atoms with Gasteiger partial charge in [0.25, 0.3) is 5.91 Å². The van der Waals surface area contributed by atoms with Gasteiger partial charge in [-0.2, -0.15) is 4.31 Å². The van der Waals surface area contributed by atoms with E-state index in [0.717, 1.165) is 21.9 Å². The molecule has 4 rings (SSSR count). The maximum absolute atomic E-state index is 13.8. The van der Waals surface area contributed by atoms with Gasteiger partial charge in [0.1, 0.15) is 0 Å². The molecule has 0 saturated carbocycles. The van der Waals surface area contributed by atoms with E-state index in [1.165, 1.54) is 4.31 Å². The Labute approximate surface area is 238 Å². The molecule has 2 amide bonds. The van der Waals surface area contributed by atoms with Gasteiger partial charge >= 0.3 is 0 Å². The van der Waals surface area contributed by atoms with Gasteiger partial charge in [-0.1, -0.05) is 80.1 Å². The second-order valence-corrected chi connectivity index (χ2v) is 13.4. The molecule has 0 radical (unpaired) electrons. The number of carbonyl (C=O) groups is 2. The van der Waals surface area contributed by atoms with E-state index >= 15 is 0 Å². The molecule has 1 fully saturated rings. The number of amides is 2. The predicted molar refractivity (Wildman–Crippen MR) is 160 cm³/mol. The maximum Gasteiger partial charge on any atom is 0.254 e. The highest BCUT2D eigenvalue weighted by Gasteiger charge is 2.33. The number of hydrogen-bond donors (Lipinski definition) is 0. The second kappa shape index (κ2) is 13.0. The number of benzene rings is 3. The molecule has 0 spiro atoms. The lowest BCUT2D eigenvalue weighted by Gasteiger charge is -2.39. The molecule has 3 aromatic rings. The third-order valence-electron chi connectivity index (χ3n) is 7.64. The fourth-order valence-electron chi connectivity index (χ4n) is 5.38. The molecule has 8 heteroatoms. The smallest absolute Gasteiger partial charge is 0.254 e. The zero-order chi connectivity index (χ0) is 28.9. The molecular formula is C32H41N3O4S. The Balaban J connectivity index is 1.53. The molecule has 0 N–H and O–H groups in total. The summed E-state index contributed by atoms with van der Waals surface area (Å²) in [6.07, 6.45) is 1.28. The Morgan fingerprint density at radius 3 is 2.25 bits per heavy atom. The van der Waals surface area contributed by atoms with Gasteiger partial charge in [0.2, 0.25) is 15.9 Å². The van der Waals surface area contributed by atoms with E-state index in [1.54, 1.807) is 6.92 Å². The topological polar surface area (TPSA) is 78.0 Å². The summed E-state index contributed by atoms with van der Waals surface area (Å²) in [5.41, 5.74) is 2.83. The van der Waals surface area contributed by atoms with E-state index in [9.17, 15) is 18.0 Å². The number of likely N-dealkylation sites (tertiary alicyclic amines) is 1. The van der Waals surface area contributed by atoms with Gasteiger partial charge in [0, 0.05) is 37.8 Å². The minimum Gasteiger partial charge on any atom is -0.338 e. The van der Waals surface area contributed by atoms with Crippen molar-refractivity contribution in [1.29, 1.82) is 0 Å². The monoisotopic (exact) mass is 563 g/mol. The van der Waals surface area contributed by atoms with Crippen molar-refractivity contribution in [2.24, 2.45) is 5.92 Å². The fraction of sp³-hybridized carbons (Fsp3) is 0.438. The fourth-order valence-corrected chi connectivity index (χ4v) is 6.58. The highest BCUT2D eigenvalue weighted by molar-refractivity contribution is 7.89. The van der Waals surface area contributed by atoms with E-state index in [4.69, 9.17) is 0 Å². The zero-order valence-corrected chi connectivity index (χ0v) is 24.9. The molecule has 0 aliphatic carbocycles. The molecule has 0 atom stereocenters. The van der Waals surface area contributed by atoms with Gasteiger partial charge in [-0.05, 0) is 55.0 Å². The molecule has 7 nitrogen and oxygen atoms in total. The quantitative estimate of drug-likeness (QED) is 0.344. The number of carbonyl (C=O) groups excluding carboxylic acids is 2. The Kier molecular flexibility index (Phi) is 9.64. The van der Waals surface area contributed by atoms with E-state index in [-0.39, 0.29) is 36.1 Å². The van der Waals surface area contributed by atoms with Gasteiger partial charge in [0.15, 0.2) is 0 Å². The van der Waals surface area contributed by atoms with Crippen molar-refractivity contribution in [2.75, 3.05) is 31.9 Å². The number of hydrogen-bond acceptors (Lipinski definition) is 4. The number of rotatable bonds is 10. The average Bonchev–Trinajstić information content (AvgIpc) is 2.95. The summed E-state index contributed by atoms with van der Waals surface area (Å²) in [6, 6.07) is 21.7. The molecule has 1 aliphatic heterocycles. The Bertz CT molecular complexity index is 1420. The number of sulfonamides is 1. The van der Waals surface area contributed by atoms with Crippen LogP contribution in [0.15, 0.2) is 66.7 Å². The summed E-state index contributed by atoms with van der Waals surface area (Å²) < 4.78 is 27.0. The largest absolute Gasteiger partial charge is 0.338 e. The summed E-state index contributed by atoms with van der Waals surface area (Å²) >= 11 is 0. The van der Waals surface area contributed by atoms with Crippen LogP contribution in [-0.2, 0) is 21.4 Å². The summed E-state index contributed by atoms with van der Waals surface area (Å²) in [6.45, 7) is 9.15. The summed E-state index contributed by atoms with van der Waals surface area (Å²) in [5, 5.41) is 1.97. The SMILES string of the molecule is CCS(=O)(=O)N(CC(=O)N(Cc1ccc(C)cc1)C1CCN(C(=O)c2cccc3ccccc23)CC1)CC(C)C. The number of nitrogens with zero attached hydrogens (tertiary/aromatic N) is 3. The molecule has 0 aromatic heterocycles. The van der Waals surface area contributed by atoms with Gasteiger partial charge in [0.05, 0.1) is 12.3 Å².